The van der Waals surface area contributed by atoms with E-state index in [1.54, 1.807) is 0 Å². The van der Waals surface area contributed by atoms with Gasteiger partial charge in [-0.1, -0.05) is 126 Å². The summed E-state index contributed by atoms with van der Waals surface area (Å²) < 4.78 is 0. The smallest absolute Gasteiger partial charge is 0.247 e. The first-order valence-electron chi connectivity index (χ1n) is 18.5. The van der Waals surface area contributed by atoms with Crippen molar-refractivity contribution in [1.29, 1.82) is 0 Å². The van der Waals surface area contributed by atoms with Crippen LogP contribution in [0.2, 0.25) is 0 Å². The highest BCUT2D eigenvalue weighted by molar-refractivity contribution is 6.99. The van der Waals surface area contributed by atoms with E-state index in [4.69, 9.17) is 0 Å². The molecule has 7 aromatic rings. The minimum Gasteiger partial charge on any atom is -0.312 e. The third-order valence-electron chi connectivity index (χ3n) is 11.3. The van der Waals surface area contributed by atoms with E-state index in [0.717, 1.165) is 0 Å². The number of fused-ring (bicyclic) bond motifs is 4. The van der Waals surface area contributed by atoms with E-state index in [1.165, 1.54) is 101 Å². The highest BCUT2D eigenvalue weighted by Crippen LogP contribution is 2.46. The molecular formula is C49H43BN2. The zero-order chi connectivity index (χ0) is 35.7. The predicted molar refractivity (Wildman–Crippen MR) is 223 cm³/mol. The van der Waals surface area contributed by atoms with Crippen molar-refractivity contribution in [3.05, 3.63) is 196 Å². The molecule has 0 N–H and O–H groups in total. The molecule has 2 aliphatic rings. The fourth-order valence-corrected chi connectivity index (χ4v) is 9.54. The maximum absolute atomic E-state index is 2.55. The Labute approximate surface area is 309 Å². The Balaban J connectivity index is 1.34. The van der Waals surface area contributed by atoms with Gasteiger partial charge in [0.25, 0.3) is 0 Å². The lowest BCUT2D eigenvalue weighted by atomic mass is 9.31. The summed E-state index contributed by atoms with van der Waals surface area (Å²) in [6, 6.07) is 54.7. The standard InChI is InChI=1S/C49H43BN2/c1-31-26-33(3)48(34(4)27-31)52(49-35(5)28-32(2)29-36(49)6)39-24-25-42-41(30-39)46(37-16-9-7-10-17-37)40-20-15-23-45-47(40)50(42)43-21-13-14-22-44(43)51(45)38-18-11-8-12-19-38/h7-30,46H,1-6H3. The monoisotopic (exact) mass is 670 g/mol. The van der Waals surface area contributed by atoms with Crippen LogP contribution in [-0.4, -0.2) is 6.71 Å². The topological polar surface area (TPSA) is 6.48 Å². The maximum atomic E-state index is 2.55. The summed E-state index contributed by atoms with van der Waals surface area (Å²) >= 11 is 0. The quantitative estimate of drug-likeness (QED) is 0.168. The molecule has 0 fully saturated rings. The van der Waals surface area contributed by atoms with Crippen LogP contribution < -0.4 is 26.2 Å². The van der Waals surface area contributed by atoms with E-state index in [2.05, 4.69) is 197 Å². The molecule has 1 atom stereocenters. The van der Waals surface area contributed by atoms with Gasteiger partial charge in [0.1, 0.15) is 0 Å². The molecule has 0 radical (unpaired) electrons. The van der Waals surface area contributed by atoms with Crippen molar-refractivity contribution in [3.63, 3.8) is 0 Å². The van der Waals surface area contributed by atoms with Gasteiger partial charge in [0.05, 0.1) is 11.4 Å². The molecule has 2 nitrogen and oxygen atoms in total. The highest BCUT2D eigenvalue weighted by atomic mass is 15.2. The molecule has 2 heterocycles. The zero-order valence-corrected chi connectivity index (χ0v) is 30.9. The fraction of sp³-hybridized carbons (Fsp3) is 0.143. The molecule has 52 heavy (non-hydrogen) atoms. The molecule has 2 aliphatic heterocycles. The van der Waals surface area contributed by atoms with Crippen molar-refractivity contribution in [2.24, 2.45) is 0 Å². The summed E-state index contributed by atoms with van der Waals surface area (Å²) in [6.07, 6.45) is 0. The van der Waals surface area contributed by atoms with Crippen LogP contribution in [0.3, 0.4) is 0 Å². The Morgan fingerprint density at radius 1 is 0.481 bits per heavy atom. The number of benzene rings is 7. The largest absolute Gasteiger partial charge is 0.312 e. The summed E-state index contributed by atoms with van der Waals surface area (Å²) in [5, 5.41) is 0. The Morgan fingerprint density at radius 3 is 1.67 bits per heavy atom. The first-order valence-corrected chi connectivity index (χ1v) is 18.5. The van der Waals surface area contributed by atoms with Crippen LogP contribution in [-0.2, 0) is 0 Å². The van der Waals surface area contributed by atoms with Gasteiger partial charge in [0.2, 0.25) is 6.71 Å². The van der Waals surface area contributed by atoms with Gasteiger partial charge in [-0.15, -0.1) is 0 Å². The van der Waals surface area contributed by atoms with E-state index >= 15 is 0 Å². The van der Waals surface area contributed by atoms with Crippen LogP contribution in [0.15, 0.2) is 146 Å². The molecule has 3 heteroatoms. The van der Waals surface area contributed by atoms with Crippen molar-refractivity contribution in [3.8, 4) is 0 Å². The normalized spacial score (nSPS) is 14.1. The lowest BCUT2D eigenvalue weighted by molar-refractivity contribution is 0.982. The average molecular weight is 671 g/mol. The summed E-state index contributed by atoms with van der Waals surface area (Å²) in [4.78, 5) is 5.02. The molecular weight excluding hydrogens is 627 g/mol. The van der Waals surface area contributed by atoms with Crippen molar-refractivity contribution < 1.29 is 0 Å². The van der Waals surface area contributed by atoms with Crippen molar-refractivity contribution in [1.82, 2.24) is 0 Å². The number of anilines is 6. The number of para-hydroxylation sites is 2. The first kappa shape index (κ1) is 32.1. The number of rotatable bonds is 5. The number of aryl methyl sites for hydroxylation is 6. The molecule has 7 aromatic carbocycles. The minimum absolute atomic E-state index is 0.0764. The SMILES string of the molecule is Cc1cc(C)c(N(c2ccc3c(c2)C(c2ccccc2)c2cccc4c2B3c2ccccc2N4c2ccccc2)c2c(C)cc(C)cc2C)c(C)c1. The maximum Gasteiger partial charge on any atom is 0.247 e. The average Bonchev–Trinajstić information content (AvgIpc) is 3.14. The van der Waals surface area contributed by atoms with Crippen molar-refractivity contribution in [2.75, 3.05) is 9.80 Å². The van der Waals surface area contributed by atoms with Gasteiger partial charge >= 0.3 is 0 Å². The lowest BCUT2D eigenvalue weighted by Crippen LogP contribution is -2.61. The van der Waals surface area contributed by atoms with Gasteiger partial charge in [-0.25, -0.2) is 0 Å². The van der Waals surface area contributed by atoms with E-state index in [0.29, 0.717) is 0 Å². The molecule has 0 aliphatic carbocycles. The summed E-state index contributed by atoms with van der Waals surface area (Å²) in [7, 11) is 0. The predicted octanol–water partition coefficient (Wildman–Crippen LogP) is 10.8. The van der Waals surface area contributed by atoms with Crippen molar-refractivity contribution >= 4 is 57.2 Å². The van der Waals surface area contributed by atoms with Gasteiger partial charge in [-0.3, -0.25) is 0 Å². The number of hydrogen-bond donors (Lipinski definition) is 0. The van der Waals surface area contributed by atoms with Crippen LogP contribution in [0.1, 0.15) is 56.0 Å². The van der Waals surface area contributed by atoms with Gasteiger partial charge < -0.3 is 9.80 Å². The van der Waals surface area contributed by atoms with Gasteiger partial charge in [0.15, 0.2) is 0 Å². The second-order valence-electron chi connectivity index (χ2n) is 14.9. The molecule has 0 saturated heterocycles. The van der Waals surface area contributed by atoms with Gasteiger partial charge in [-0.05, 0) is 128 Å². The molecule has 1 unspecified atom stereocenters. The van der Waals surface area contributed by atoms with E-state index < -0.39 is 0 Å². The highest BCUT2D eigenvalue weighted by Gasteiger charge is 2.43. The fourth-order valence-electron chi connectivity index (χ4n) is 9.54. The van der Waals surface area contributed by atoms with Gasteiger partial charge in [-0.2, -0.15) is 0 Å². The summed E-state index contributed by atoms with van der Waals surface area (Å²) in [5.41, 5.74) is 23.3. The second kappa shape index (κ2) is 12.5. The molecule has 0 bridgehead atoms. The van der Waals surface area contributed by atoms with E-state index in [-0.39, 0.29) is 12.6 Å². The number of hydrogen-bond acceptors (Lipinski definition) is 2. The molecule has 9 rings (SSSR count). The third kappa shape index (κ3) is 5.02. The first-order chi connectivity index (χ1) is 25.3. The Kier molecular flexibility index (Phi) is 7.70. The Bertz CT molecular complexity index is 2400. The number of nitrogens with zero attached hydrogens (tertiary/aromatic N) is 2. The third-order valence-corrected chi connectivity index (χ3v) is 11.3. The van der Waals surface area contributed by atoms with Crippen LogP contribution >= 0.6 is 0 Å². The van der Waals surface area contributed by atoms with Gasteiger partial charge in [0, 0.05) is 28.7 Å². The minimum atomic E-state index is 0.0764. The van der Waals surface area contributed by atoms with Crippen molar-refractivity contribution in [2.45, 2.75) is 47.5 Å². The molecule has 252 valence electrons. The molecule has 0 spiro atoms. The molecule has 0 amide bonds. The van der Waals surface area contributed by atoms with Crippen LogP contribution in [0.25, 0.3) is 0 Å². The van der Waals surface area contributed by atoms with E-state index in [9.17, 15) is 0 Å². The second-order valence-corrected chi connectivity index (χ2v) is 14.9. The zero-order valence-electron chi connectivity index (χ0n) is 30.9. The molecule has 0 aromatic heterocycles. The summed E-state index contributed by atoms with van der Waals surface area (Å²) in [5.74, 6) is 0.0764. The Morgan fingerprint density at radius 2 is 1.04 bits per heavy atom. The van der Waals surface area contributed by atoms with Crippen LogP contribution in [0.4, 0.5) is 34.1 Å². The van der Waals surface area contributed by atoms with E-state index in [1.807, 2.05) is 0 Å². The van der Waals surface area contributed by atoms with Crippen LogP contribution in [0.5, 0.6) is 0 Å². The Hall–Kier alpha value is -5.80. The van der Waals surface area contributed by atoms with Crippen LogP contribution in [0, 0.1) is 41.5 Å². The molecule has 0 saturated carbocycles. The lowest BCUT2D eigenvalue weighted by Gasteiger charge is -2.43. The summed E-state index contributed by atoms with van der Waals surface area (Å²) in [6.45, 7) is 13.6.